The zero-order chi connectivity index (χ0) is 29.8. The minimum absolute atomic E-state index is 0.609. The first kappa shape index (κ1) is 25.5. The van der Waals surface area contributed by atoms with E-state index in [4.69, 9.17) is 14.5 Å². The molecule has 2 aliphatic heterocycles. The molecule has 0 saturated carbocycles. The number of pyridine rings is 2. The second kappa shape index (κ2) is 10.0. The lowest BCUT2D eigenvalue weighted by Crippen LogP contribution is -2.37. The van der Waals surface area contributed by atoms with Crippen molar-refractivity contribution in [2.75, 3.05) is 0 Å². The molecule has 9 rings (SSSR count). The average Bonchev–Trinajstić information content (AvgIpc) is 3.12. The number of aromatic nitrogens is 2. The van der Waals surface area contributed by atoms with Crippen LogP contribution in [0.5, 0.6) is 23.0 Å². The maximum absolute atomic E-state index is 6.77. The molecule has 4 heteroatoms. The van der Waals surface area contributed by atoms with E-state index in [2.05, 4.69) is 108 Å². The Kier molecular flexibility index (Phi) is 5.69. The maximum Gasteiger partial charge on any atom is 0.136 e. The Labute approximate surface area is 261 Å². The molecular formula is C41H26N2O2. The molecule has 2 aromatic heterocycles. The molecule has 45 heavy (non-hydrogen) atoms. The summed E-state index contributed by atoms with van der Waals surface area (Å²) in [5, 5.41) is 0. The predicted molar refractivity (Wildman–Crippen MR) is 177 cm³/mol. The van der Waals surface area contributed by atoms with Crippen LogP contribution in [0.4, 0.5) is 0 Å². The van der Waals surface area contributed by atoms with Gasteiger partial charge in [0.2, 0.25) is 0 Å². The number of ether oxygens (including phenoxy) is 2. The summed E-state index contributed by atoms with van der Waals surface area (Å²) in [7, 11) is 0. The van der Waals surface area contributed by atoms with Gasteiger partial charge in [-0.2, -0.15) is 0 Å². The minimum atomic E-state index is -0.609. The van der Waals surface area contributed by atoms with Crippen LogP contribution in [-0.4, -0.2) is 9.97 Å². The zero-order valence-electron chi connectivity index (χ0n) is 24.2. The SMILES string of the molecule is c1ccc(-c2cc(-c3cc4c5c(c3)Oc3ccccc3C5(c3ccccc3)c3ccccc3O4)cc(-c3cccnc3)n2)cc1. The van der Waals surface area contributed by atoms with E-state index < -0.39 is 5.41 Å². The summed E-state index contributed by atoms with van der Waals surface area (Å²) in [6, 6.07) is 50.3. The third-order valence-electron chi connectivity index (χ3n) is 8.86. The van der Waals surface area contributed by atoms with Crippen molar-refractivity contribution in [3.8, 4) is 56.6 Å². The molecule has 0 spiro atoms. The summed E-state index contributed by atoms with van der Waals surface area (Å²) in [5.74, 6) is 3.23. The van der Waals surface area contributed by atoms with E-state index in [1.165, 1.54) is 5.56 Å². The third kappa shape index (κ3) is 3.93. The molecule has 0 radical (unpaired) electrons. The first-order valence-electron chi connectivity index (χ1n) is 15.1. The van der Waals surface area contributed by atoms with Gasteiger partial charge >= 0.3 is 0 Å². The van der Waals surface area contributed by atoms with Crippen LogP contribution in [0.3, 0.4) is 0 Å². The minimum Gasteiger partial charge on any atom is -0.457 e. The second-order valence-corrected chi connectivity index (χ2v) is 11.4. The van der Waals surface area contributed by atoms with Crippen molar-refractivity contribution in [3.63, 3.8) is 0 Å². The smallest absolute Gasteiger partial charge is 0.136 e. The van der Waals surface area contributed by atoms with Crippen LogP contribution in [0.2, 0.25) is 0 Å². The van der Waals surface area contributed by atoms with E-state index >= 15 is 0 Å². The summed E-state index contributed by atoms with van der Waals surface area (Å²) < 4.78 is 13.5. The Morgan fingerprint density at radius 3 is 1.60 bits per heavy atom. The molecule has 0 N–H and O–H groups in total. The van der Waals surface area contributed by atoms with Crippen molar-refractivity contribution in [1.82, 2.24) is 9.97 Å². The molecule has 5 aromatic carbocycles. The highest BCUT2D eigenvalue weighted by Gasteiger charge is 2.51. The van der Waals surface area contributed by atoms with Gasteiger partial charge in [0.05, 0.1) is 22.4 Å². The molecule has 0 unspecified atom stereocenters. The van der Waals surface area contributed by atoms with Crippen LogP contribution < -0.4 is 9.47 Å². The predicted octanol–water partition coefficient (Wildman–Crippen LogP) is 10.1. The van der Waals surface area contributed by atoms with Gasteiger partial charge in [0.15, 0.2) is 0 Å². The number of para-hydroxylation sites is 2. The van der Waals surface area contributed by atoms with E-state index in [9.17, 15) is 0 Å². The summed E-state index contributed by atoms with van der Waals surface area (Å²) in [4.78, 5) is 9.43. The van der Waals surface area contributed by atoms with Gasteiger partial charge in [-0.15, -0.1) is 0 Å². The molecule has 0 aliphatic carbocycles. The molecule has 0 fully saturated rings. The van der Waals surface area contributed by atoms with E-state index in [0.717, 1.165) is 73.3 Å². The van der Waals surface area contributed by atoms with Gasteiger partial charge < -0.3 is 9.47 Å². The van der Waals surface area contributed by atoms with E-state index in [1.807, 2.05) is 48.7 Å². The van der Waals surface area contributed by atoms with E-state index in [-0.39, 0.29) is 0 Å². The molecular weight excluding hydrogens is 552 g/mol. The monoisotopic (exact) mass is 578 g/mol. The molecule has 0 bridgehead atoms. The number of nitrogens with zero attached hydrogens (tertiary/aromatic N) is 2. The van der Waals surface area contributed by atoms with Gasteiger partial charge in [0.1, 0.15) is 23.0 Å². The van der Waals surface area contributed by atoms with Gasteiger partial charge in [-0.05, 0) is 65.2 Å². The van der Waals surface area contributed by atoms with Gasteiger partial charge in [-0.3, -0.25) is 4.98 Å². The van der Waals surface area contributed by atoms with Gasteiger partial charge in [0.25, 0.3) is 0 Å². The quantitative estimate of drug-likeness (QED) is 0.208. The van der Waals surface area contributed by atoms with E-state index in [0.29, 0.717) is 0 Å². The molecule has 0 amide bonds. The van der Waals surface area contributed by atoms with Crippen LogP contribution in [0.15, 0.2) is 158 Å². The van der Waals surface area contributed by atoms with Crippen molar-refractivity contribution in [2.24, 2.45) is 0 Å². The molecule has 212 valence electrons. The summed E-state index contributed by atoms with van der Waals surface area (Å²) in [5.41, 5.74) is 9.49. The molecule has 4 heterocycles. The highest BCUT2D eigenvalue weighted by atomic mass is 16.5. The second-order valence-electron chi connectivity index (χ2n) is 11.4. The lowest BCUT2D eigenvalue weighted by atomic mass is 9.62. The Balaban J connectivity index is 1.33. The molecule has 7 aromatic rings. The summed E-state index contributed by atoms with van der Waals surface area (Å²) >= 11 is 0. The maximum atomic E-state index is 6.77. The topological polar surface area (TPSA) is 44.2 Å². The highest BCUT2D eigenvalue weighted by Crippen LogP contribution is 2.63. The fourth-order valence-electron chi connectivity index (χ4n) is 6.93. The van der Waals surface area contributed by atoms with Crippen molar-refractivity contribution < 1.29 is 9.47 Å². The number of rotatable bonds is 4. The molecule has 0 atom stereocenters. The third-order valence-corrected chi connectivity index (χ3v) is 8.86. The summed E-state index contributed by atoms with van der Waals surface area (Å²) in [6.07, 6.45) is 3.63. The Hall–Kier alpha value is -6.00. The first-order valence-corrected chi connectivity index (χ1v) is 15.1. The van der Waals surface area contributed by atoms with Crippen LogP contribution in [0.1, 0.15) is 22.3 Å². The number of hydrogen-bond donors (Lipinski definition) is 0. The van der Waals surface area contributed by atoms with Gasteiger partial charge in [0, 0.05) is 34.6 Å². The van der Waals surface area contributed by atoms with Crippen LogP contribution >= 0.6 is 0 Å². The highest BCUT2D eigenvalue weighted by molar-refractivity contribution is 5.83. The van der Waals surface area contributed by atoms with Gasteiger partial charge in [-0.25, -0.2) is 4.98 Å². The normalized spacial score (nSPS) is 13.4. The van der Waals surface area contributed by atoms with Crippen LogP contribution in [-0.2, 0) is 5.41 Å². The molecule has 4 nitrogen and oxygen atoms in total. The molecule has 2 aliphatic rings. The van der Waals surface area contributed by atoms with Crippen molar-refractivity contribution in [2.45, 2.75) is 5.41 Å². The number of fused-ring (bicyclic) bond motifs is 4. The first-order chi connectivity index (χ1) is 22.3. The zero-order valence-corrected chi connectivity index (χ0v) is 24.2. The molecule has 0 saturated heterocycles. The fourth-order valence-corrected chi connectivity index (χ4v) is 6.93. The van der Waals surface area contributed by atoms with E-state index in [1.54, 1.807) is 6.20 Å². The van der Waals surface area contributed by atoms with Crippen molar-refractivity contribution in [3.05, 3.63) is 180 Å². The van der Waals surface area contributed by atoms with Gasteiger partial charge in [-0.1, -0.05) is 97.1 Å². The van der Waals surface area contributed by atoms with Crippen molar-refractivity contribution >= 4 is 0 Å². The lowest BCUT2D eigenvalue weighted by molar-refractivity contribution is 0.385. The van der Waals surface area contributed by atoms with Crippen LogP contribution in [0.25, 0.3) is 33.6 Å². The average molecular weight is 579 g/mol. The Bertz CT molecular complexity index is 2080. The number of benzene rings is 5. The summed E-state index contributed by atoms with van der Waals surface area (Å²) in [6.45, 7) is 0. The number of hydrogen-bond acceptors (Lipinski definition) is 4. The standard InChI is InChI=1S/C41H26N2O2/c1-3-12-27(13-4-1)34-22-29(23-35(43-34)28-14-11-21-42-26-28)30-24-38-40-39(25-30)45-37-20-10-8-18-33(37)41(40,31-15-5-2-6-16-31)32-17-7-9-19-36(32)44-38/h1-26H. The Morgan fingerprint density at radius 2 is 0.978 bits per heavy atom. The Morgan fingerprint density at radius 1 is 0.444 bits per heavy atom. The largest absolute Gasteiger partial charge is 0.457 e. The van der Waals surface area contributed by atoms with Crippen molar-refractivity contribution in [1.29, 1.82) is 0 Å². The fraction of sp³-hybridized carbons (Fsp3) is 0.0244. The van der Waals surface area contributed by atoms with Crippen LogP contribution in [0, 0.1) is 0 Å². The lowest BCUT2D eigenvalue weighted by Gasteiger charge is -2.45.